The maximum atomic E-state index is 10.8. The molecule has 0 aromatic carbocycles. The van der Waals surface area contributed by atoms with Crippen molar-refractivity contribution in [3.05, 3.63) is 23.7 Å². The fourth-order valence-corrected chi connectivity index (χ4v) is 5.76. The molecule has 10 nitrogen and oxygen atoms in total. The zero-order valence-corrected chi connectivity index (χ0v) is 21.7. The van der Waals surface area contributed by atoms with Gasteiger partial charge in [0.2, 0.25) is 5.95 Å². The number of thiazole rings is 1. The highest BCUT2D eigenvalue weighted by Gasteiger charge is 2.48. The van der Waals surface area contributed by atoms with Crippen molar-refractivity contribution in [3.8, 4) is 10.6 Å². The van der Waals surface area contributed by atoms with Gasteiger partial charge < -0.3 is 30.7 Å². The number of aliphatic hydroxyl groups is 3. The summed E-state index contributed by atoms with van der Waals surface area (Å²) >= 11 is 1.52. The summed E-state index contributed by atoms with van der Waals surface area (Å²) in [5.41, 5.74) is 1.97. The minimum absolute atomic E-state index is 0.0206. The second-order valence-electron chi connectivity index (χ2n) is 9.85. The van der Waals surface area contributed by atoms with Crippen molar-refractivity contribution < 1.29 is 20.1 Å². The molecule has 190 valence electrons. The maximum absolute atomic E-state index is 10.8. The lowest BCUT2D eigenvalue weighted by atomic mass is 9.88. The van der Waals surface area contributed by atoms with E-state index in [1.807, 2.05) is 26.8 Å². The molecule has 35 heavy (non-hydrogen) atoms. The van der Waals surface area contributed by atoms with Crippen molar-refractivity contribution in [2.24, 2.45) is 5.92 Å². The van der Waals surface area contributed by atoms with Gasteiger partial charge >= 0.3 is 0 Å². The van der Waals surface area contributed by atoms with Crippen molar-refractivity contribution in [1.29, 1.82) is 0 Å². The maximum Gasteiger partial charge on any atom is 0.225 e. The Labute approximate surface area is 208 Å². The van der Waals surface area contributed by atoms with Crippen LogP contribution in [-0.4, -0.2) is 78.9 Å². The van der Waals surface area contributed by atoms with Crippen LogP contribution in [0.25, 0.3) is 20.8 Å². The Morgan fingerprint density at radius 3 is 2.54 bits per heavy atom. The zero-order chi connectivity index (χ0) is 25.5. The number of nitrogens with zero attached hydrogens (tertiary/aromatic N) is 4. The molecule has 4 rings (SSSR count). The molecule has 3 aromatic heterocycles. The molecule has 11 heteroatoms. The lowest BCUT2D eigenvalue weighted by molar-refractivity contribution is -0.0601. The SMILES string of the molecule is COCC(C)Nc1nc(C)c(-c2nc3c(C)nccc3s2)c(NC2CC(C(C)(C)O)C(O)C2O)n1. The number of nitrogens with one attached hydrogen (secondary N) is 2. The molecule has 3 heterocycles. The van der Waals surface area contributed by atoms with Gasteiger partial charge in [0, 0.05) is 25.3 Å². The van der Waals surface area contributed by atoms with Gasteiger partial charge in [-0.2, -0.15) is 4.98 Å². The van der Waals surface area contributed by atoms with E-state index in [1.165, 1.54) is 11.3 Å². The predicted molar refractivity (Wildman–Crippen MR) is 137 cm³/mol. The van der Waals surface area contributed by atoms with E-state index in [0.29, 0.717) is 30.5 Å². The molecule has 0 spiro atoms. The quantitative estimate of drug-likeness (QED) is 0.311. The van der Waals surface area contributed by atoms with Crippen LogP contribution >= 0.6 is 11.3 Å². The molecule has 5 N–H and O–H groups in total. The first-order chi connectivity index (χ1) is 16.5. The number of ether oxygens (including phenoxy) is 1. The summed E-state index contributed by atoms with van der Waals surface area (Å²) < 4.78 is 6.23. The fraction of sp³-hybridized carbons (Fsp3) is 0.583. The molecule has 0 aliphatic heterocycles. The average Bonchev–Trinajstić information content (AvgIpc) is 3.31. The minimum atomic E-state index is -1.14. The molecule has 1 aliphatic rings. The Bertz CT molecular complexity index is 1200. The average molecular weight is 503 g/mol. The van der Waals surface area contributed by atoms with Crippen LogP contribution in [0.5, 0.6) is 0 Å². The van der Waals surface area contributed by atoms with E-state index in [4.69, 9.17) is 14.7 Å². The number of hydrogen-bond acceptors (Lipinski definition) is 11. The number of aliphatic hydroxyl groups excluding tert-OH is 2. The molecule has 5 atom stereocenters. The molecular weight excluding hydrogens is 468 g/mol. The fourth-order valence-electron chi connectivity index (χ4n) is 4.65. The number of methoxy groups -OCH3 is 1. The summed E-state index contributed by atoms with van der Waals surface area (Å²) in [6.07, 6.45) is 0.00830. The second-order valence-corrected chi connectivity index (χ2v) is 10.9. The van der Waals surface area contributed by atoms with E-state index >= 15 is 0 Å². The summed E-state index contributed by atoms with van der Waals surface area (Å²) in [7, 11) is 1.64. The lowest BCUT2D eigenvalue weighted by Gasteiger charge is -2.28. The van der Waals surface area contributed by atoms with Crippen molar-refractivity contribution in [2.45, 2.75) is 70.9 Å². The number of aromatic nitrogens is 4. The number of rotatable bonds is 8. The Morgan fingerprint density at radius 1 is 1.17 bits per heavy atom. The summed E-state index contributed by atoms with van der Waals surface area (Å²) in [5.74, 6) is 0.433. The van der Waals surface area contributed by atoms with Gasteiger partial charge in [-0.15, -0.1) is 11.3 Å². The molecule has 0 bridgehead atoms. The third-order valence-corrected chi connectivity index (χ3v) is 7.54. The zero-order valence-electron chi connectivity index (χ0n) is 20.9. The van der Waals surface area contributed by atoms with E-state index < -0.39 is 29.8 Å². The molecular formula is C24H34N6O4S. The number of pyridine rings is 1. The smallest absolute Gasteiger partial charge is 0.225 e. The highest BCUT2D eigenvalue weighted by Crippen LogP contribution is 2.40. The van der Waals surface area contributed by atoms with E-state index in [-0.39, 0.29) is 6.04 Å². The standard InChI is InChI=1S/C24H34N6O4S/c1-11(10-34-6)26-23-27-12(2)17(22-29-18-13(3)25-8-7-16(18)35-22)21(30-23)28-15-9-14(24(4,5)33)19(31)20(15)32/h7-8,11,14-15,19-20,31-33H,9-10H2,1-6H3,(H2,26,27,28,30). The van der Waals surface area contributed by atoms with Crippen LogP contribution in [0.15, 0.2) is 12.3 Å². The lowest BCUT2D eigenvalue weighted by Crippen LogP contribution is -2.40. The normalized spacial score (nSPS) is 23.6. The first-order valence-corrected chi connectivity index (χ1v) is 12.5. The van der Waals surface area contributed by atoms with Crippen LogP contribution in [0.2, 0.25) is 0 Å². The number of anilines is 2. The van der Waals surface area contributed by atoms with Gasteiger partial charge in [-0.25, -0.2) is 9.97 Å². The van der Waals surface area contributed by atoms with Crippen LogP contribution in [0, 0.1) is 19.8 Å². The summed E-state index contributed by atoms with van der Waals surface area (Å²) in [4.78, 5) is 18.6. The first-order valence-electron chi connectivity index (χ1n) is 11.7. The molecule has 1 aliphatic carbocycles. The Hall–Kier alpha value is -2.44. The van der Waals surface area contributed by atoms with Gasteiger partial charge in [0.15, 0.2) is 0 Å². The molecule has 3 aromatic rings. The minimum Gasteiger partial charge on any atom is -0.390 e. The van der Waals surface area contributed by atoms with E-state index in [9.17, 15) is 15.3 Å². The molecule has 0 saturated heterocycles. The van der Waals surface area contributed by atoms with E-state index in [2.05, 4.69) is 20.6 Å². The number of hydrogen-bond donors (Lipinski definition) is 5. The van der Waals surface area contributed by atoms with E-state index in [1.54, 1.807) is 27.2 Å². The highest BCUT2D eigenvalue weighted by molar-refractivity contribution is 7.21. The van der Waals surface area contributed by atoms with Crippen molar-refractivity contribution >= 4 is 33.3 Å². The molecule has 5 unspecified atom stereocenters. The number of fused-ring (bicyclic) bond motifs is 1. The van der Waals surface area contributed by atoms with Crippen LogP contribution in [0.1, 0.15) is 38.6 Å². The third-order valence-electron chi connectivity index (χ3n) is 6.50. The Balaban J connectivity index is 1.76. The van der Waals surface area contributed by atoms with Crippen LogP contribution < -0.4 is 10.6 Å². The Morgan fingerprint density at radius 2 is 1.91 bits per heavy atom. The van der Waals surface area contributed by atoms with Gasteiger partial charge in [0.1, 0.15) is 22.4 Å². The predicted octanol–water partition coefficient (Wildman–Crippen LogP) is 2.51. The highest BCUT2D eigenvalue weighted by atomic mass is 32.1. The molecule has 1 saturated carbocycles. The van der Waals surface area contributed by atoms with Gasteiger partial charge in [-0.1, -0.05) is 0 Å². The number of aryl methyl sites for hydroxylation is 2. The van der Waals surface area contributed by atoms with Crippen molar-refractivity contribution in [2.75, 3.05) is 24.4 Å². The van der Waals surface area contributed by atoms with Crippen LogP contribution in [0.3, 0.4) is 0 Å². The summed E-state index contributed by atoms with van der Waals surface area (Å²) in [6, 6.07) is 1.39. The molecule has 0 radical (unpaired) electrons. The molecule has 1 fully saturated rings. The van der Waals surface area contributed by atoms with E-state index in [0.717, 1.165) is 26.5 Å². The summed E-state index contributed by atoms with van der Waals surface area (Å²) in [5, 5.41) is 39.2. The second kappa shape index (κ2) is 9.90. The largest absolute Gasteiger partial charge is 0.390 e. The Kier molecular flexibility index (Phi) is 7.26. The monoisotopic (exact) mass is 502 g/mol. The van der Waals surface area contributed by atoms with Gasteiger partial charge in [-0.05, 0) is 47.1 Å². The summed E-state index contributed by atoms with van der Waals surface area (Å²) in [6.45, 7) is 9.56. The van der Waals surface area contributed by atoms with Crippen molar-refractivity contribution in [3.63, 3.8) is 0 Å². The van der Waals surface area contributed by atoms with Crippen LogP contribution in [0.4, 0.5) is 11.8 Å². The topological polar surface area (TPSA) is 146 Å². The van der Waals surface area contributed by atoms with Gasteiger partial charge in [0.05, 0.1) is 46.0 Å². The van der Waals surface area contributed by atoms with Crippen LogP contribution in [-0.2, 0) is 4.74 Å². The van der Waals surface area contributed by atoms with Gasteiger partial charge in [-0.3, -0.25) is 4.98 Å². The third kappa shape index (κ3) is 5.24. The van der Waals surface area contributed by atoms with Gasteiger partial charge in [0.25, 0.3) is 0 Å². The van der Waals surface area contributed by atoms with Crippen molar-refractivity contribution in [1.82, 2.24) is 19.9 Å². The molecule has 0 amide bonds. The first kappa shape index (κ1) is 25.6.